The summed E-state index contributed by atoms with van der Waals surface area (Å²) < 4.78 is 11.0. The van der Waals surface area contributed by atoms with Gasteiger partial charge in [-0.15, -0.1) is 0 Å². The Balaban J connectivity index is 1.97. The first-order chi connectivity index (χ1) is 8.81. The maximum absolute atomic E-state index is 8.94. The van der Waals surface area contributed by atoms with Gasteiger partial charge in [-0.1, -0.05) is 19.3 Å². The summed E-state index contributed by atoms with van der Waals surface area (Å²) in [4.78, 5) is 0. The fourth-order valence-electron chi connectivity index (χ4n) is 2.41. The smallest absolute Gasteiger partial charge is 0.124 e. The Morgan fingerprint density at radius 3 is 2.56 bits per heavy atom. The predicted molar refractivity (Wildman–Crippen MR) is 69.8 cm³/mol. The van der Waals surface area contributed by atoms with Gasteiger partial charge in [-0.2, -0.15) is 5.26 Å². The molecule has 0 aliphatic heterocycles. The van der Waals surface area contributed by atoms with Gasteiger partial charge in [0.25, 0.3) is 0 Å². The lowest BCUT2D eigenvalue weighted by Crippen LogP contribution is -2.15. The van der Waals surface area contributed by atoms with Crippen LogP contribution in [0.4, 0.5) is 0 Å². The molecule has 0 saturated heterocycles. The number of hydrogen-bond donors (Lipinski definition) is 0. The number of nitriles is 1. The predicted octanol–water partition coefficient (Wildman–Crippen LogP) is 3.53. The first-order valence-corrected chi connectivity index (χ1v) is 6.54. The van der Waals surface area contributed by atoms with E-state index < -0.39 is 0 Å². The molecule has 0 bridgehead atoms. The number of hydrogen-bond acceptors (Lipinski definition) is 3. The van der Waals surface area contributed by atoms with Crippen LogP contribution >= 0.6 is 0 Å². The van der Waals surface area contributed by atoms with Crippen molar-refractivity contribution in [3.63, 3.8) is 0 Å². The zero-order chi connectivity index (χ0) is 12.8. The molecule has 0 heterocycles. The first kappa shape index (κ1) is 12.8. The van der Waals surface area contributed by atoms with Crippen molar-refractivity contribution in [3.8, 4) is 17.6 Å². The van der Waals surface area contributed by atoms with Crippen molar-refractivity contribution in [3.05, 3.63) is 23.8 Å². The van der Waals surface area contributed by atoms with Gasteiger partial charge in [-0.3, -0.25) is 0 Å². The number of rotatable bonds is 4. The van der Waals surface area contributed by atoms with Crippen LogP contribution in [0, 0.1) is 17.2 Å². The molecule has 1 aliphatic carbocycles. The summed E-state index contributed by atoms with van der Waals surface area (Å²) in [5, 5.41) is 8.94. The van der Waals surface area contributed by atoms with Gasteiger partial charge in [0.15, 0.2) is 0 Å². The van der Waals surface area contributed by atoms with Crippen LogP contribution in [0.5, 0.6) is 11.5 Å². The monoisotopic (exact) mass is 245 g/mol. The van der Waals surface area contributed by atoms with Crippen LogP contribution < -0.4 is 9.47 Å². The van der Waals surface area contributed by atoms with Gasteiger partial charge in [0.1, 0.15) is 11.5 Å². The Morgan fingerprint density at radius 1 is 1.17 bits per heavy atom. The minimum absolute atomic E-state index is 0.577. The SMILES string of the molecule is COc1cc(C#N)cc(OCC2CCCCC2)c1. The van der Waals surface area contributed by atoms with E-state index in [0.29, 0.717) is 17.2 Å². The molecule has 0 spiro atoms. The van der Waals surface area contributed by atoms with E-state index in [9.17, 15) is 0 Å². The molecule has 0 aromatic heterocycles. The summed E-state index contributed by atoms with van der Waals surface area (Å²) in [6, 6.07) is 7.44. The average molecular weight is 245 g/mol. The highest BCUT2D eigenvalue weighted by molar-refractivity contribution is 5.43. The van der Waals surface area contributed by atoms with Crippen molar-refractivity contribution in [2.45, 2.75) is 32.1 Å². The third-order valence-corrected chi connectivity index (χ3v) is 3.46. The third-order valence-electron chi connectivity index (χ3n) is 3.46. The van der Waals surface area contributed by atoms with Crippen molar-refractivity contribution < 1.29 is 9.47 Å². The Kier molecular flexibility index (Phi) is 4.46. The van der Waals surface area contributed by atoms with E-state index >= 15 is 0 Å². The average Bonchev–Trinajstić information content (AvgIpc) is 2.45. The molecule has 96 valence electrons. The molecular weight excluding hydrogens is 226 g/mol. The van der Waals surface area contributed by atoms with E-state index in [4.69, 9.17) is 14.7 Å². The maximum Gasteiger partial charge on any atom is 0.124 e. The molecule has 1 aromatic carbocycles. The van der Waals surface area contributed by atoms with Gasteiger partial charge >= 0.3 is 0 Å². The Labute approximate surface area is 108 Å². The van der Waals surface area contributed by atoms with Crippen LogP contribution in [0.25, 0.3) is 0 Å². The van der Waals surface area contributed by atoms with Crippen LogP contribution in [0.2, 0.25) is 0 Å². The zero-order valence-electron chi connectivity index (χ0n) is 10.8. The van der Waals surface area contributed by atoms with Crippen LogP contribution in [-0.2, 0) is 0 Å². The van der Waals surface area contributed by atoms with Gasteiger partial charge in [0, 0.05) is 6.07 Å². The molecule has 0 atom stereocenters. The van der Waals surface area contributed by atoms with Gasteiger partial charge in [0.05, 0.1) is 25.3 Å². The van der Waals surface area contributed by atoms with Crippen LogP contribution in [-0.4, -0.2) is 13.7 Å². The van der Waals surface area contributed by atoms with Crippen LogP contribution in [0.1, 0.15) is 37.7 Å². The summed E-state index contributed by atoms with van der Waals surface area (Å²) in [5.41, 5.74) is 0.577. The Hall–Kier alpha value is -1.69. The maximum atomic E-state index is 8.94. The molecule has 1 saturated carbocycles. The second-order valence-electron chi connectivity index (χ2n) is 4.82. The summed E-state index contributed by atoms with van der Waals surface area (Å²) in [6.07, 6.45) is 6.50. The van der Waals surface area contributed by atoms with E-state index in [1.165, 1.54) is 32.1 Å². The molecule has 1 aromatic rings. The summed E-state index contributed by atoms with van der Waals surface area (Å²) in [7, 11) is 1.60. The number of methoxy groups -OCH3 is 1. The fourth-order valence-corrected chi connectivity index (χ4v) is 2.41. The number of nitrogens with zero attached hydrogens (tertiary/aromatic N) is 1. The molecule has 2 rings (SSSR count). The normalized spacial score (nSPS) is 16.0. The molecule has 3 heteroatoms. The topological polar surface area (TPSA) is 42.2 Å². The highest BCUT2D eigenvalue weighted by Gasteiger charge is 2.14. The van der Waals surface area contributed by atoms with Crippen molar-refractivity contribution in [2.24, 2.45) is 5.92 Å². The van der Waals surface area contributed by atoms with E-state index in [1.54, 1.807) is 19.2 Å². The lowest BCUT2D eigenvalue weighted by atomic mass is 9.90. The van der Waals surface area contributed by atoms with Crippen LogP contribution in [0.15, 0.2) is 18.2 Å². The second kappa shape index (κ2) is 6.30. The molecule has 0 amide bonds. The van der Waals surface area contributed by atoms with Gasteiger partial charge < -0.3 is 9.47 Å². The molecular formula is C15H19NO2. The van der Waals surface area contributed by atoms with E-state index in [0.717, 1.165) is 12.4 Å². The standard InChI is InChI=1S/C15H19NO2/c1-17-14-7-13(10-16)8-15(9-14)18-11-12-5-3-2-4-6-12/h7-9,12H,2-6,11H2,1H3. The lowest BCUT2D eigenvalue weighted by Gasteiger charge is -2.21. The molecule has 3 nitrogen and oxygen atoms in total. The summed E-state index contributed by atoms with van der Waals surface area (Å²) in [5.74, 6) is 2.07. The van der Waals surface area contributed by atoms with E-state index in [-0.39, 0.29) is 0 Å². The summed E-state index contributed by atoms with van der Waals surface area (Å²) >= 11 is 0. The molecule has 1 fully saturated rings. The quantitative estimate of drug-likeness (QED) is 0.815. The lowest BCUT2D eigenvalue weighted by molar-refractivity contribution is 0.208. The summed E-state index contributed by atoms with van der Waals surface area (Å²) in [6.45, 7) is 0.748. The van der Waals surface area contributed by atoms with Gasteiger partial charge in [0.2, 0.25) is 0 Å². The molecule has 1 aliphatic rings. The Morgan fingerprint density at radius 2 is 1.89 bits per heavy atom. The fraction of sp³-hybridized carbons (Fsp3) is 0.533. The number of benzene rings is 1. The van der Waals surface area contributed by atoms with Crippen molar-refractivity contribution in [2.75, 3.05) is 13.7 Å². The van der Waals surface area contributed by atoms with E-state index in [1.807, 2.05) is 6.07 Å². The van der Waals surface area contributed by atoms with E-state index in [2.05, 4.69) is 6.07 Å². The molecule has 18 heavy (non-hydrogen) atoms. The highest BCUT2D eigenvalue weighted by atomic mass is 16.5. The highest BCUT2D eigenvalue weighted by Crippen LogP contribution is 2.26. The first-order valence-electron chi connectivity index (χ1n) is 6.54. The minimum atomic E-state index is 0.577. The Bertz CT molecular complexity index is 431. The van der Waals surface area contributed by atoms with Crippen molar-refractivity contribution in [1.29, 1.82) is 5.26 Å². The third kappa shape index (κ3) is 3.40. The van der Waals surface area contributed by atoms with Crippen molar-refractivity contribution in [1.82, 2.24) is 0 Å². The van der Waals surface area contributed by atoms with Crippen molar-refractivity contribution >= 4 is 0 Å². The zero-order valence-corrected chi connectivity index (χ0v) is 10.8. The second-order valence-corrected chi connectivity index (χ2v) is 4.82. The molecule has 0 radical (unpaired) electrons. The van der Waals surface area contributed by atoms with Gasteiger partial charge in [-0.05, 0) is 30.9 Å². The molecule has 0 N–H and O–H groups in total. The number of ether oxygens (including phenoxy) is 2. The largest absolute Gasteiger partial charge is 0.497 e. The minimum Gasteiger partial charge on any atom is -0.497 e. The van der Waals surface area contributed by atoms with Gasteiger partial charge in [-0.25, -0.2) is 0 Å². The molecule has 0 unspecified atom stereocenters. The van der Waals surface area contributed by atoms with Crippen LogP contribution in [0.3, 0.4) is 0 Å².